The Morgan fingerprint density at radius 3 is 2.39 bits per heavy atom. The van der Waals surface area contributed by atoms with Crippen LogP contribution in [0.15, 0.2) is 104 Å². The molecule has 0 aliphatic heterocycles. The first-order valence-electron chi connectivity index (χ1n) is 11.5. The Kier molecular flexibility index (Phi) is 6.66. The van der Waals surface area contributed by atoms with E-state index >= 15 is 0 Å². The smallest absolute Gasteiger partial charge is 0.319 e. The van der Waals surface area contributed by atoms with E-state index in [1.807, 2.05) is 71.3 Å². The Bertz CT molecular complexity index is 1500. The number of urea groups is 1. The highest BCUT2D eigenvalue weighted by molar-refractivity contribution is 5.94. The van der Waals surface area contributed by atoms with Gasteiger partial charge in [0.05, 0.1) is 11.0 Å². The van der Waals surface area contributed by atoms with Crippen molar-refractivity contribution in [2.75, 3.05) is 5.32 Å². The van der Waals surface area contributed by atoms with Gasteiger partial charge >= 0.3 is 6.03 Å². The number of benzene rings is 3. The van der Waals surface area contributed by atoms with Crippen molar-refractivity contribution in [3.05, 3.63) is 120 Å². The fraction of sp³-hybridized carbons (Fsp3) is 0.0714. The summed E-state index contributed by atoms with van der Waals surface area (Å²) in [5.41, 5.74) is 5.90. The maximum atomic E-state index is 12.7. The molecule has 8 heteroatoms. The van der Waals surface area contributed by atoms with Crippen molar-refractivity contribution in [2.24, 2.45) is 0 Å². The van der Waals surface area contributed by atoms with Crippen LogP contribution in [0.1, 0.15) is 21.5 Å². The molecule has 0 fully saturated rings. The minimum Gasteiger partial charge on any atom is -0.348 e. The lowest BCUT2D eigenvalue weighted by molar-refractivity contribution is 0.0951. The van der Waals surface area contributed by atoms with E-state index in [-0.39, 0.29) is 11.9 Å². The molecule has 3 N–H and O–H groups in total. The third kappa shape index (κ3) is 5.39. The van der Waals surface area contributed by atoms with Gasteiger partial charge in [0.2, 0.25) is 0 Å². The Hall–Kier alpha value is -4.98. The monoisotopic (exact) mass is 476 g/mol. The topological polar surface area (TPSA) is 101 Å². The van der Waals surface area contributed by atoms with E-state index in [9.17, 15) is 9.59 Å². The molecule has 0 saturated carbocycles. The van der Waals surface area contributed by atoms with Gasteiger partial charge in [0.1, 0.15) is 6.33 Å². The molecule has 0 unspecified atom stereocenters. The van der Waals surface area contributed by atoms with Crippen LogP contribution in [0.25, 0.3) is 16.7 Å². The molecule has 2 heterocycles. The van der Waals surface area contributed by atoms with E-state index in [4.69, 9.17) is 0 Å². The number of para-hydroxylation sites is 2. The lowest BCUT2D eigenvalue weighted by Gasteiger charge is -2.10. The van der Waals surface area contributed by atoms with Gasteiger partial charge in [-0.05, 0) is 71.8 Å². The van der Waals surface area contributed by atoms with Gasteiger partial charge in [-0.15, -0.1) is 0 Å². The number of carbonyl (C=O) groups excluding carboxylic acids is 2. The van der Waals surface area contributed by atoms with Gasteiger partial charge in [-0.2, -0.15) is 0 Å². The SMILES string of the molecule is O=C(NCc1ccncc1)Nc1cccc(CNC(=O)c2ccc(-n3cnc4ccccc43)cc2)c1. The van der Waals surface area contributed by atoms with Crippen LogP contribution in [0.4, 0.5) is 10.5 Å². The van der Waals surface area contributed by atoms with Crippen molar-refractivity contribution < 1.29 is 9.59 Å². The minimum absolute atomic E-state index is 0.175. The summed E-state index contributed by atoms with van der Waals surface area (Å²) in [6.45, 7) is 0.737. The summed E-state index contributed by atoms with van der Waals surface area (Å²) >= 11 is 0. The number of hydrogen-bond acceptors (Lipinski definition) is 4. The average Bonchev–Trinajstić information content (AvgIpc) is 3.36. The van der Waals surface area contributed by atoms with Crippen LogP contribution < -0.4 is 16.0 Å². The van der Waals surface area contributed by atoms with Gasteiger partial charge in [0.25, 0.3) is 5.91 Å². The Balaban J connectivity index is 1.16. The summed E-state index contributed by atoms with van der Waals surface area (Å²) in [4.78, 5) is 33.3. The summed E-state index contributed by atoms with van der Waals surface area (Å²) in [7, 11) is 0. The van der Waals surface area contributed by atoms with E-state index < -0.39 is 0 Å². The van der Waals surface area contributed by atoms with E-state index in [0.717, 1.165) is 27.8 Å². The second-order valence-electron chi connectivity index (χ2n) is 8.20. The summed E-state index contributed by atoms with van der Waals surface area (Å²) in [5.74, 6) is -0.175. The molecule has 8 nitrogen and oxygen atoms in total. The molecule has 0 aliphatic carbocycles. The predicted molar refractivity (Wildman–Crippen MR) is 139 cm³/mol. The molecule has 0 saturated heterocycles. The van der Waals surface area contributed by atoms with Gasteiger partial charge in [0, 0.05) is 42.4 Å². The van der Waals surface area contributed by atoms with Crippen LogP contribution >= 0.6 is 0 Å². The van der Waals surface area contributed by atoms with E-state index in [1.54, 1.807) is 36.9 Å². The van der Waals surface area contributed by atoms with Crippen molar-refractivity contribution in [1.29, 1.82) is 0 Å². The fourth-order valence-corrected chi connectivity index (χ4v) is 3.84. The van der Waals surface area contributed by atoms with Crippen molar-refractivity contribution in [1.82, 2.24) is 25.2 Å². The average molecular weight is 477 g/mol. The van der Waals surface area contributed by atoms with E-state index in [2.05, 4.69) is 25.9 Å². The summed E-state index contributed by atoms with van der Waals surface area (Å²) in [6, 6.07) is 26.1. The quantitative estimate of drug-likeness (QED) is 0.318. The zero-order chi connectivity index (χ0) is 24.7. The maximum absolute atomic E-state index is 12.7. The summed E-state index contributed by atoms with van der Waals surface area (Å²) < 4.78 is 1.99. The molecule has 2 aromatic heterocycles. The standard InChI is InChI=1S/C28H24N6O2/c35-27(22-8-10-24(11-9-22)34-19-32-25-6-1-2-7-26(25)34)30-18-21-4-3-5-23(16-21)33-28(36)31-17-20-12-14-29-15-13-20/h1-16,19H,17-18H2,(H,30,35)(H2,31,33,36). The van der Waals surface area contributed by atoms with Gasteiger partial charge in [0.15, 0.2) is 0 Å². The minimum atomic E-state index is -0.307. The molecule has 5 rings (SSSR count). The van der Waals surface area contributed by atoms with E-state index in [0.29, 0.717) is 24.3 Å². The lowest BCUT2D eigenvalue weighted by Crippen LogP contribution is -2.28. The van der Waals surface area contributed by atoms with Crippen molar-refractivity contribution >= 4 is 28.7 Å². The number of carbonyl (C=O) groups is 2. The first-order chi connectivity index (χ1) is 17.7. The highest BCUT2D eigenvalue weighted by Crippen LogP contribution is 2.18. The largest absolute Gasteiger partial charge is 0.348 e. The first kappa shape index (κ1) is 22.8. The highest BCUT2D eigenvalue weighted by atomic mass is 16.2. The van der Waals surface area contributed by atoms with Crippen LogP contribution in [0, 0.1) is 0 Å². The number of hydrogen-bond donors (Lipinski definition) is 3. The summed E-state index contributed by atoms with van der Waals surface area (Å²) in [5, 5.41) is 8.56. The number of imidazole rings is 1. The van der Waals surface area contributed by atoms with Crippen molar-refractivity contribution in [3.8, 4) is 5.69 Å². The third-order valence-corrected chi connectivity index (χ3v) is 5.70. The molecular formula is C28H24N6O2. The number of rotatable bonds is 7. The number of fused-ring (bicyclic) bond motifs is 1. The van der Waals surface area contributed by atoms with E-state index in [1.165, 1.54) is 0 Å². The molecule has 0 spiro atoms. The number of amides is 3. The Morgan fingerprint density at radius 1 is 0.778 bits per heavy atom. The molecule has 3 aromatic carbocycles. The van der Waals surface area contributed by atoms with Gasteiger partial charge in [-0.25, -0.2) is 9.78 Å². The van der Waals surface area contributed by atoms with Crippen molar-refractivity contribution in [3.63, 3.8) is 0 Å². The zero-order valence-electron chi connectivity index (χ0n) is 19.4. The normalized spacial score (nSPS) is 10.7. The lowest BCUT2D eigenvalue weighted by atomic mass is 10.1. The molecule has 3 amide bonds. The molecule has 0 atom stereocenters. The highest BCUT2D eigenvalue weighted by Gasteiger charge is 2.09. The fourth-order valence-electron chi connectivity index (χ4n) is 3.84. The Morgan fingerprint density at radius 2 is 1.56 bits per heavy atom. The Labute approximate surface area is 208 Å². The molecule has 5 aromatic rings. The molecule has 0 aliphatic rings. The molecule has 36 heavy (non-hydrogen) atoms. The van der Waals surface area contributed by atoms with Gasteiger partial charge in [-0.1, -0.05) is 24.3 Å². The first-order valence-corrected chi connectivity index (χ1v) is 11.5. The predicted octanol–water partition coefficient (Wildman–Crippen LogP) is 4.67. The number of anilines is 1. The van der Waals surface area contributed by atoms with Gasteiger partial charge < -0.3 is 16.0 Å². The van der Waals surface area contributed by atoms with Crippen LogP contribution in [-0.4, -0.2) is 26.5 Å². The number of pyridine rings is 1. The number of nitrogens with one attached hydrogen (secondary N) is 3. The van der Waals surface area contributed by atoms with Crippen LogP contribution in [0.5, 0.6) is 0 Å². The maximum Gasteiger partial charge on any atom is 0.319 e. The second-order valence-corrected chi connectivity index (χ2v) is 8.20. The number of aromatic nitrogens is 3. The molecule has 0 bridgehead atoms. The van der Waals surface area contributed by atoms with Crippen LogP contribution in [-0.2, 0) is 13.1 Å². The number of nitrogens with zero attached hydrogens (tertiary/aromatic N) is 3. The third-order valence-electron chi connectivity index (χ3n) is 5.70. The van der Waals surface area contributed by atoms with Crippen LogP contribution in [0.3, 0.4) is 0 Å². The van der Waals surface area contributed by atoms with Gasteiger partial charge in [-0.3, -0.25) is 14.3 Å². The van der Waals surface area contributed by atoms with Crippen LogP contribution in [0.2, 0.25) is 0 Å². The second kappa shape index (κ2) is 10.5. The summed E-state index contributed by atoms with van der Waals surface area (Å²) in [6.07, 6.45) is 5.14. The molecule has 0 radical (unpaired) electrons. The molecular weight excluding hydrogens is 452 g/mol. The van der Waals surface area contributed by atoms with Crippen molar-refractivity contribution in [2.45, 2.75) is 13.1 Å². The molecule has 178 valence electrons. The zero-order valence-corrected chi connectivity index (χ0v) is 19.4.